The quantitative estimate of drug-likeness (QED) is 0.553. The van der Waals surface area contributed by atoms with Crippen molar-refractivity contribution in [2.24, 2.45) is 0 Å². The van der Waals surface area contributed by atoms with Gasteiger partial charge in [-0.15, -0.1) is 0 Å². The van der Waals surface area contributed by atoms with E-state index in [1.54, 1.807) is 25.1 Å². The number of Topliss-reactive ketones (excluding diaryl/α,β-unsaturated/α-hetero) is 1. The molecule has 0 saturated heterocycles. The highest BCUT2D eigenvalue weighted by atomic mass is 16.6. The Kier molecular flexibility index (Phi) is 6.31. The highest BCUT2D eigenvalue weighted by Gasteiger charge is 2.23. The van der Waals surface area contributed by atoms with Gasteiger partial charge in [0.2, 0.25) is 5.78 Å². The van der Waals surface area contributed by atoms with Crippen molar-refractivity contribution in [2.75, 3.05) is 23.8 Å². The van der Waals surface area contributed by atoms with Gasteiger partial charge in [0.05, 0.1) is 17.9 Å². The number of carbonyl (C=O) groups excluding carboxylic acids is 4. The molecule has 0 spiro atoms. The number of amides is 2. The molecule has 2 aromatic carbocycles. The van der Waals surface area contributed by atoms with Gasteiger partial charge in [-0.1, -0.05) is 6.07 Å². The zero-order chi connectivity index (χ0) is 21.7. The fraction of sp³-hybridized carbons (Fsp3) is 0.238. The predicted octanol–water partition coefficient (Wildman–Crippen LogP) is 3.01. The van der Waals surface area contributed by atoms with Crippen molar-refractivity contribution < 1.29 is 33.4 Å². The second-order valence-electron chi connectivity index (χ2n) is 6.39. The molecule has 0 saturated carbocycles. The lowest BCUT2D eigenvalue weighted by molar-refractivity contribution is -0.118. The standard InChI is InChI=1S/C21H20N2O7/c1-3-28-21(27)22-15-6-4-5-14(9-15)20(26)30-12(2)19(25)13-7-8-17-16(10-13)23-18(24)11-29-17/h4-10,12H,3,11H2,1-2H3,(H,22,27)(H,23,24)/t12-/m1/s1. The average Bonchev–Trinajstić information content (AvgIpc) is 2.72. The molecule has 156 valence electrons. The van der Waals surface area contributed by atoms with Gasteiger partial charge in [-0.25, -0.2) is 9.59 Å². The first-order chi connectivity index (χ1) is 14.4. The monoisotopic (exact) mass is 412 g/mol. The highest BCUT2D eigenvalue weighted by molar-refractivity contribution is 6.04. The molecule has 0 aliphatic carbocycles. The third kappa shape index (κ3) is 4.93. The Labute approximate surface area is 172 Å². The van der Waals surface area contributed by atoms with E-state index in [4.69, 9.17) is 14.2 Å². The molecular weight excluding hydrogens is 392 g/mol. The van der Waals surface area contributed by atoms with Crippen LogP contribution in [0.4, 0.5) is 16.2 Å². The van der Waals surface area contributed by atoms with E-state index < -0.39 is 23.9 Å². The fourth-order valence-corrected chi connectivity index (χ4v) is 2.76. The summed E-state index contributed by atoms with van der Waals surface area (Å²) in [6.07, 6.45) is -1.72. The van der Waals surface area contributed by atoms with Crippen LogP contribution in [0.15, 0.2) is 42.5 Å². The first kappa shape index (κ1) is 20.8. The number of anilines is 2. The first-order valence-electron chi connectivity index (χ1n) is 9.23. The fourth-order valence-electron chi connectivity index (χ4n) is 2.76. The minimum Gasteiger partial charge on any atom is -0.482 e. The zero-order valence-corrected chi connectivity index (χ0v) is 16.4. The van der Waals surface area contributed by atoms with Crippen molar-refractivity contribution in [2.45, 2.75) is 20.0 Å². The smallest absolute Gasteiger partial charge is 0.411 e. The number of esters is 1. The van der Waals surface area contributed by atoms with E-state index in [9.17, 15) is 19.2 Å². The van der Waals surface area contributed by atoms with E-state index in [-0.39, 0.29) is 30.2 Å². The minimum absolute atomic E-state index is 0.0849. The van der Waals surface area contributed by atoms with Gasteiger partial charge in [0.15, 0.2) is 12.7 Å². The number of nitrogens with one attached hydrogen (secondary N) is 2. The van der Waals surface area contributed by atoms with E-state index in [1.165, 1.54) is 31.2 Å². The molecule has 0 fully saturated rings. The van der Waals surface area contributed by atoms with Gasteiger partial charge in [-0.2, -0.15) is 0 Å². The second kappa shape index (κ2) is 9.08. The van der Waals surface area contributed by atoms with Crippen molar-refractivity contribution in [1.82, 2.24) is 0 Å². The van der Waals surface area contributed by atoms with Crippen LogP contribution in [0.3, 0.4) is 0 Å². The Morgan fingerprint density at radius 2 is 1.97 bits per heavy atom. The van der Waals surface area contributed by atoms with E-state index in [0.717, 1.165) is 0 Å². The van der Waals surface area contributed by atoms with Gasteiger partial charge in [0.25, 0.3) is 5.91 Å². The normalized spacial score (nSPS) is 13.2. The van der Waals surface area contributed by atoms with Crippen molar-refractivity contribution >= 4 is 35.1 Å². The lowest BCUT2D eigenvalue weighted by Crippen LogP contribution is -2.27. The Bertz CT molecular complexity index is 1000. The van der Waals surface area contributed by atoms with E-state index in [0.29, 0.717) is 17.1 Å². The average molecular weight is 412 g/mol. The topological polar surface area (TPSA) is 120 Å². The van der Waals surface area contributed by atoms with Crippen LogP contribution < -0.4 is 15.4 Å². The van der Waals surface area contributed by atoms with Crippen LogP contribution >= 0.6 is 0 Å². The van der Waals surface area contributed by atoms with Crippen LogP contribution in [0.5, 0.6) is 5.75 Å². The maximum Gasteiger partial charge on any atom is 0.411 e. The van der Waals surface area contributed by atoms with Crippen LogP contribution in [-0.2, 0) is 14.3 Å². The van der Waals surface area contributed by atoms with Crippen LogP contribution in [0, 0.1) is 0 Å². The molecule has 2 N–H and O–H groups in total. The van der Waals surface area contributed by atoms with Crippen molar-refractivity contribution in [3.05, 3.63) is 53.6 Å². The molecule has 0 aromatic heterocycles. The molecule has 0 bridgehead atoms. The van der Waals surface area contributed by atoms with Gasteiger partial charge in [0.1, 0.15) is 5.75 Å². The SMILES string of the molecule is CCOC(=O)Nc1cccc(C(=O)O[C@H](C)C(=O)c2ccc3c(c2)NC(=O)CO3)c1. The van der Waals surface area contributed by atoms with Gasteiger partial charge in [-0.3, -0.25) is 14.9 Å². The summed E-state index contributed by atoms with van der Waals surface area (Å²) in [4.78, 5) is 48.1. The van der Waals surface area contributed by atoms with Crippen LogP contribution in [0.25, 0.3) is 0 Å². The third-order valence-corrected chi connectivity index (χ3v) is 4.17. The number of ether oxygens (including phenoxy) is 3. The van der Waals surface area contributed by atoms with Crippen molar-refractivity contribution in [3.63, 3.8) is 0 Å². The van der Waals surface area contributed by atoms with E-state index >= 15 is 0 Å². The number of benzene rings is 2. The maximum atomic E-state index is 12.7. The Balaban J connectivity index is 1.67. The summed E-state index contributed by atoms with van der Waals surface area (Å²) < 4.78 is 15.3. The number of ketones is 1. The second-order valence-corrected chi connectivity index (χ2v) is 6.39. The molecule has 2 aromatic rings. The molecule has 0 unspecified atom stereocenters. The molecule has 1 heterocycles. The zero-order valence-electron chi connectivity index (χ0n) is 16.4. The van der Waals surface area contributed by atoms with Gasteiger partial charge >= 0.3 is 12.1 Å². The summed E-state index contributed by atoms with van der Waals surface area (Å²) in [7, 11) is 0. The summed E-state index contributed by atoms with van der Waals surface area (Å²) in [6, 6.07) is 10.7. The number of rotatable bonds is 6. The van der Waals surface area contributed by atoms with Gasteiger partial charge in [-0.05, 0) is 50.2 Å². The number of hydrogen-bond donors (Lipinski definition) is 2. The molecule has 30 heavy (non-hydrogen) atoms. The largest absolute Gasteiger partial charge is 0.482 e. The van der Waals surface area contributed by atoms with Crippen LogP contribution in [0.1, 0.15) is 34.6 Å². The van der Waals surface area contributed by atoms with Gasteiger partial charge < -0.3 is 19.5 Å². The molecular formula is C21H20N2O7. The summed E-state index contributed by atoms with van der Waals surface area (Å²) in [5.41, 5.74) is 1.16. The summed E-state index contributed by atoms with van der Waals surface area (Å²) in [5, 5.41) is 5.11. The Morgan fingerprint density at radius 1 is 1.17 bits per heavy atom. The van der Waals surface area contributed by atoms with Crippen LogP contribution in [-0.4, -0.2) is 43.1 Å². The van der Waals surface area contributed by atoms with E-state index in [2.05, 4.69) is 10.6 Å². The molecule has 2 amide bonds. The summed E-state index contributed by atoms with van der Waals surface area (Å²) in [5.74, 6) is -1.02. The number of hydrogen-bond acceptors (Lipinski definition) is 7. The minimum atomic E-state index is -1.07. The lowest BCUT2D eigenvalue weighted by Gasteiger charge is -2.19. The molecule has 3 rings (SSSR count). The Morgan fingerprint density at radius 3 is 2.73 bits per heavy atom. The molecule has 1 aliphatic heterocycles. The van der Waals surface area contributed by atoms with Crippen LogP contribution in [0.2, 0.25) is 0 Å². The number of carbonyl (C=O) groups is 4. The third-order valence-electron chi connectivity index (χ3n) is 4.17. The maximum absolute atomic E-state index is 12.7. The summed E-state index contributed by atoms with van der Waals surface area (Å²) >= 11 is 0. The molecule has 1 aliphatic rings. The van der Waals surface area contributed by atoms with Gasteiger partial charge in [0, 0.05) is 11.3 Å². The molecule has 1 atom stereocenters. The number of fused-ring (bicyclic) bond motifs is 1. The predicted molar refractivity (Wildman–Crippen MR) is 107 cm³/mol. The summed E-state index contributed by atoms with van der Waals surface area (Å²) in [6.45, 7) is 3.26. The van der Waals surface area contributed by atoms with Crippen molar-refractivity contribution in [3.8, 4) is 5.75 Å². The lowest BCUT2D eigenvalue weighted by atomic mass is 10.1. The highest BCUT2D eigenvalue weighted by Crippen LogP contribution is 2.29. The molecule has 9 heteroatoms. The van der Waals surface area contributed by atoms with E-state index in [1.807, 2.05) is 0 Å². The molecule has 9 nitrogen and oxygen atoms in total. The molecule has 0 radical (unpaired) electrons. The Hall–Kier alpha value is -3.88. The first-order valence-corrected chi connectivity index (χ1v) is 9.23. The van der Waals surface area contributed by atoms with Crippen molar-refractivity contribution in [1.29, 1.82) is 0 Å².